The van der Waals surface area contributed by atoms with Gasteiger partial charge in [-0.25, -0.2) is 9.78 Å². The lowest BCUT2D eigenvalue weighted by Gasteiger charge is -2.21. The van der Waals surface area contributed by atoms with Gasteiger partial charge in [0.2, 0.25) is 11.9 Å². The zero-order valence-corrected chi connectivity index (χ0v) is 22.0. The van der Waals surface area contributed by atoms with E-state index in [9.17, 15) is 20.0 Å². The number of aromatic nitrogens is 2. The molecule has 2 aromatic carbocycles. The summed E-state index contributed by atoms with van der Waals surface area (Å²) in [7, 11) is 0. The Morgan fingerprint density at radius 1 is 1.08 bits per heavy atom. The van der Waals surface area contributed by atoms with E-state index in [0.29, 0.717) is 17.3 Å². The van der Waals surface area contributed by atoms with Crippen LogP contribution in [-0.2, 0) is 9.59 Å². The molecular formula is C27H27N7O3S. The SMILES string of the molecule is CC(=O)N[C@@H](CSC(CC#N)c1cc(C)c(Nc2ccnc(Nc3ccc(C#N)cc3)n2)c(C)c1)C(=O)O. The Kier molecular flexibility index (Phi) is 9.63. The first-order valence-corrected chi connectivity index (χ1v) is 12.7. The molecule has 4 N–H and O–H groups in total. The van der Waals surface area contributed by atoms with Gasteiger partial charge < -0.3 is 21.1 Å². The summed E-state index contributed by atoms with van der Waals surface area (Å²) in [6.45, 7) is 5.16. The lowest BCUT2D eigenvalue weighted by molar-refractivity contribution is -0.140. The topological polar surface area (TPSA) is 164 Å². The molecule has 0 aliphatic rings. The Bertz CT molecular complexity index is 1370. The highest BCUT2D eigenvalue weighted by atomic mass is 32.2. The third-order valence-corrected chi connectivity index (χ3v) is 6.89. The van der Waals surface area contributed by atoms with Crippen LogP contribution < -0.4 is 16.0 Å². The number of carbonyl (C=O) groups is 2. The van der Waals surface area contributed by atoms with Crippen LogP contribution in [0.15, 0.2) is 48.7 Å². The number of carboxylic acids is 1. The maximum Gasteiger partial charge on any atom is 0.327 e. The molecule has 0 fully saturated rings. The molecule has 1 aromatic heterocycles. The molecule has 0 saturated heterocycles. The molecule has 1 unspecified atom stereocenters. The number of aryl methyl sites for hydroxylation is 2. The van der Waals surface area contributed by atoms with Crippen molar-refractivity contribution in [3.05, 3.63) is 70.9 Å². The molecule has 1 heterocycles. The van der Waals surface area contributed by atoms with Crippen LogP contribution in [0, 0.1) is 36.5 Å². The number of anilines is 4. The van der Waals surface area contributed by atoms with E-state index in [1.54, 1.807) is 36.5 Å². The molecule has 0 aliphatic heterocycles. The largest absolute Gasteiger partial charge is 0.480 e. The first-order chi connectivity index (χ1) is 18.2. The molecule has 0 spiro atoms. The third kappa shape index (κ3) is 7.69. The quantitative estimate of drug-likeness (QED) is 0.273. The van der Waals surface area contributed by atoms with Crippen LogP contribution in [0.4, 0.5) is 23.1 Å². The monoisotopic (exact) mass is 529 g/mol. The first kappa shape index (κ1) is 28.0. The molecule has 0 aliphatic carbocycles. The molecule has 0 radical (unpaired) electrons. The predicted octanol–water partition coefficient (Wildman–Crippen LogP) is 4.73. The van der Waals surface area contributed by atoms with Crippen LogP contribution in [-0.4, -0.2) is 38.7 Å². The second-order valence-electron chi connectivity index (χ2n) is 8.51. The Morgan fingerprint density at radius 3 is 2.34 bits per heavy atom. The standard InChI is InChI=1S/C27H27N7O3S/c1-16-12-20(23(8-10-28)38-15-22(26(36)37)31-18(3)35)13-17(2)25(16)33-24-9-11-30-27(34-24)32-21-6-4-19(14-29)5-7-21/h4-7,9,11-13,22-23H,8,15H2,1-3H3,(H,31,35)(H,36,37)(H2,30,32,33,34)/t22-,23?/m0/s1. The van der Waals surface area contributed by atoms with Gasteiger partial charge in [-0.15, -0.1) is 11.8 Å². The van der Waals surface area contributed by atoms with Gasteiger partial charge in [0.25, 0.3) is 0 Å². The van der Waals surface area contributed by atoms with Gasteiger partial charge in [-0.1, -0.05) is 12.1 Å². The molecule has 3 rings (SSSR count). The number of benzene rings is 2. The molecule has 11 heteroatoms. The van der Waals surface area contributed by atoms with Gasteiger partial charge in [-0.2, -0.15) is 15.5 Å². The second-order valence-corrected chi connectivity index (χ2v) is 9.75. The summed E-state index contributed by atoms with van der Waals surface area (Å²) in [4.78, 5) is 31.6. The second kappa shape index (κ2) is 13.1. The van der Waals surface area contributed by atoms with Gasteiger partial charge in [-0.05, 0) is 60.9 Å². The number of carboxylic acid groups (broad SMARTS) is 1. The van der Waals surface area contributed by atoms with Crippen molar-refractivity contribution in [3.8, 4) is 12.1 Å². The fraction of sp³-hybridized carbons (Fsp3) is 0.259. The van der Waals surface area contributed by atoms with Crippen molar-refractivity contribution in [3.63, 3.8) is 0 Å². The van der Waals surface area contributed by atoms with Gasteiger partial charge in [0.05, 0.1) is 24.1 Å². The van der Waals surface area contributed by atoms with E-state index in [1.165, 1.54) is 18.7 Å². The lowest BCUT2D eigenvalue weighted by atomic mass is 10.0. The highest BCUT2D eigenvalue weighted by Gasteiger charge is 2.22. The summed E-state index contributed by atoms with van der Waals surface area (Å²) in [5.74, 6) is -0.429. The van der Waals surface area contributed by atoms with Gasteiger partial charge in [-0.3, -0.25) is 4.79 Å². The number of aliphatic carboxylic acids is 1. The lowest BCUT2D eigenvalue weighted by Crippen LogP contribution is -2.41. The molecule has 3 aromatic rings. The van der Waals surface area contributed by atoms with Crippen LogP contribution in [0.25, 0.3) is 0 Å². The summed E-state index contributed by atoms with van der Waals surface area (Å²) in [5, 5.41) is 36.3. The van der Waals surface area contributed by atoms with Gasteiger partial charge in [0.1, 0.15) is 11.9 Å². The fourth-order valence-corrected chi connectivity index (χ4v) is 4.91. The molecule has 1 amide bonds. The highest BCUT2D eigenvalue weighted by molar-refractivity contribution is 7.99. The summed E-state index contributed by atoms with van der Waals surface area (Å²) < 4.78 is 0. The molecule has 2 atom stereocenters. The smallest absolute Gasteiger partial charge is 0.327 e. The highest BCUT2D eigenvalue weighted by Crippen LogP contribution is 2.36. The van der Waals surface area contributed by atoms with Crippen molar-refractivity contribution in [1.82, 2.24) is 15.3 Å². The van der Waals surface area contributed by atoms with E-state index in [4.69, 9.17) is 5.26 Å². The van der Waals surface area contributed by atoms with E-state index >= 15 is 0 Å². The summed E-state index contributed by atoms with van der Waals surface area (Å²) in [6.07, 6.45) is 1.83. The van der Waals surface area contributed by atoms with E-state index < -0.39 is 17.9 Å². The fourth-order valence-electron chi connectivity index (χ4n) is 3.74. The van der Waals surface area contributed by atoms with Crippen LogP contribution in [0.2, 0.25) is 0 Å². The van der Waals surface area contributed by atoms with Crippen LogP contribution in [0.3, 0.4) is 0 Å². The molecule has 10 nitrogen and oxygen atoms in total. The maximum absolute atomic E-state index is 11.5. The zero-order valence-electron chi connectivity index (χ0n) is 21.1. The Hall–Kier alpha value is -4.61. The van der Waals surface area contributed by atoms with E-state index in [2.05, 4.69) is 38.1 Å². The number of nitriles is 2. The zero-order chi connectivity index (χ0) is 27.7. The van der Waals surface area contributed by atoms with Crippen molar-refractivity contribution in [2.24, 2.45) is 0 Å². The number of nitrogens with one attached hydrogen (secondary N) is 3. The number of hydrogen-bond donors (Lipinski definition) is 4. The molecule has 38 heavy (non-hydrogen) atoms. The average Bonchev–Trinajstić information content (AvgIpc) is 2.88. The molecule has 194 valence electrons. The third-order valence-electron chi connectivity index (χ3n) is 5.52. The summed E-state index contributed by atoms with van der Waals surface area (Å²) >= 11 is 1.32. The van der Waals surface area contributed by atoms with Crippen molar-refractivity contribution >= 4 is 46.8 Å². The van der Waals surface area contributed by atoms with Gasteiger partial charge in [0, 0.05) is 35.5 Å². The van der Waals surface area contributed by atoms with E-state index in [0.717, 1.165) is 28.1 Å². The number of hydrogen-bond acceptors (Lipinski definition) is 9. The van der Waals surface area contributed by atoms with Gasteiger partial charge >= 0.3 is 5.97 Å². The number of rotatable bonds is 11. The first-order valence-electron chi connectivity index (χ1n) is 11.7. The predicted molar refractivity (Wildman–Crippen MR) is 146 cm³/mol. The number of carbonyl (C=O) groups excluding carboxylic acids is 1. The van der Waals surface area contributed by atoms with Crippen LogP contribution in [0.1, 0.15) is 40.8 Å². The summed E-state index contributed by atoms with van der Waals surface area (Å²) in [6, 6.07) is 15.9. The van der Waals surface area contributed by atoms with Crippen molar-refractivity contribution < 1.29 is 14.7 Å². The molecule has 0 bridgehead atoms. The number of amides is 1. The Morgan fingerprint density at radius 2 is 1.76 bits per heavy atom. The minimum atomic E-state index is -1.12. The Balaban J connectivity index is 1.76. The van der Waals surface area contributed by atoms with E-state index in [-0.39, 0.29) is 17.4 Å². The minimum Gasteiger partial charge on any atom is -0.480 e. The van der Waals surface area contributed by atoms with Crippen LogP contribution >= 0.6 is 11.8 Å². The molecule has 0 saturated carbocycles. The number of nitrogens with zero attached hydrogens (tertiary/aromatic N) is 4. The number of thioether (sulfide) groups is 1. The van der Waals surface area contributed by atoms with Crippen molar-refractivity contribution in [2.75, 3.05) is 16.4 Å². The minimum absolute atomic E-state index is 0.134. The van der Waals surface area contributed by atoms with Crippen molar-refractivity contribution in [1.29, 1.82) is 10.5 Å². The van der Waals surface area contributed by atoms with Crippen molar-refractivity contribution in [2.45, 2.75) is 38.5 Å². The van der Waals surface area contributed by atoms with Gasteiger partial charge in [0.15, 0.2) is 0 Å². The maximum atomic E-state index is 11.5. The van der Waals surface area contributed by atoms with E-state index in [1.807, 2.05) is 26.0 Å². The van der Waals surface area contributed by atoms with Crippen LogP contribution in [0.5, 0.6) is 0 Å². The molecular weight excluding hydrogens is 502 g/mol. The normalized spacial score (nSPS) is 11.9. The Labute approximate surface area is 225 Å². The summed E-state index contributed by atoms with van der Waals surface area (Å²) in [5.41, 5.74) is 4.93. The average molecular weight is 530 g/mol.